The molecular weight excluding hydrogens is 240 g/mol. The molecule has 0 aliphatic heterocycles. The standard InChI is InChI=1S/C12H21ClN2S/c1-5-9(2)7-15(4)10(3)12-14-11(6-13)8-16-12/h8-10H,5-7H2,1-4H3. The molecule has 2 atom stereocenters. The van der Waals surface area contributed by atoms with E-state index >= 15 is 0 Å². The molecule has 0 aromatic carbocycles. The van der Waals surface area contributed by atoms with E-state index < -0.39 is 0 Å². The predicted molar refractivity (Wildman–Crippen MR) is 72.2 cm³/mol. The smallest absolute Gasteiger partial charge is 0.110 e. The van der Waals surface area contributed by atoms with Crippen LogP contribution in [0.5, 0.6) is 0 Å². The molecule has 1 aromatic heterocycles. The lowest BCUT2D eigenvalue weighted by atomic mass is 10.1. The third kappa shape index (κ3) is 3.72. The first-order valence-corrected chi connectivity index (χ1v) is 7.20. The van der Waals surface area contributed by atoms with Gasteiger partial charge in [-0.2, -0.15) is 0 Å². The largest absolute Gasteiger partial charge is 0.297 e. The molecule has 0 N–H and O–H groups in total. The lowest BCUT2D eigenvalue weighted by Crippen LogP contribution is -2.27. The summed E-state index contributed by atoms with van der Waals surface area (Å²) in [5.74, 6) is 1.25. The average Bonchev–Trinajstić information content (AvgIpc) is 2.76. The van der Waals surface area contributed by atoms with Crippen LogP contribution in [-0.4, -0.2) is 23.5 Å². The minimum Gasteiger partial charge on any atom is -0.297 e. The Balaban J connectivity index is 2.58. The van der Waals surface area contributed by atoms with E-state index in [2.05, 4.69) is 43.1 Å². The maximum absolute atomic E-state index is 5.76. The summed E-state index contributed by atoms with van der Waals surface area (Å²) in [5.41, 5.74) is 0.991. The zero-order chi connectivity index (χ0) is 12.1. The number of nitrogens with zero attached hydrogens (tertiary/aromatic N) is 2. The SMILES string of the molecule is CCC(C)CN(C)C(C)c1nc(CCl)cs1. The summed E-state index contributed by atoms with van der Waals surface area (Å²) in [6.07, 6.45) is 1.22. The Labute approximate surface area is 108 Å². The predicted octanol–water partition coefficient (Wildman–Crippen LogP) is 3.92. The number of alkyl halides is 1. The van der Waals surface area contributed by atoms with Crippen molar-refractivity contribution in [3.63, 3.8) is 0 Å². The fourth-order valence-electron chi connectivity index (χ4n) is 1.54. The molecule has 0 bridgehead atoms. The Morgan fingerprint density at radius 3 is 2.69 bits per heavy atom. The van der Waals surface area contributed by atoms with Gasteiger partial charge < -0.3 is 0 Å². The lowest BCUT2D eigenvalue weighted by Gasteiger charge is -2.25. The molecule has 0 aliphatic carbocycles. The Kier molecular flexibility index (Phi) is 5.73. The van der Waals surface area contributed by atoms with Gasteiger partial charge in [-0.1, -0.05) is 20.3 Å². The van der Waals surface area contributed by atoms with Gasteiger partial charge in [0.05, 0.1) is 17.6 Å². The molecule has 2 unspecified atom stereocenters. The second-order valence-corrected chi connectivity index (χ2v) is 5.60. The molecule has 16 heavy (non-hydrogen) atoms. The van der Waals surface area contributed by atoms with Crippen LogP contribution in [0.3, 0.4) is 0 Å². The quantitative estimate of drug-likeness (QED) is 0.721. The first kappa shape index (κ1) is 13.9. The minimum absolute atomic E-state index is 0.385. The maximum atomic E-state index is 5.76. The van der Waals surface area contributed by atoms with Crippen LogP contribution in [0, 0.1) is 5.92 Å². The number of halogens is 1. The van der Waals surface area contributed by atoms with Crippen molar-refractivity contribution < 1.29 is 0 Å². The van der Waals surface area contributed by atoms with Gasteiger partial charge in [-0.15, -0.1) is 22.9 Å². The van der Waals surface area contributed by atoms with Crippen LogP contribution in [0.1, 0.15) is 43.9 Å². The van der Waals surface area contributed by atoms with Gasteiger partial charge in [0.25, 0.3) is 0 Å². The summed E-state index contributed by atoms with van der Waals surface area (Å²) < 4.78 is 0. The number of aromatic nitrogens is 1. The van der Waals surface area contributed by atoms with Crippen LogP contribution in [0.25, 0.3) is 0 Å². The van der Waals surface area contributed by atoms with Gasteiger partial charge in [0, 0.05) is 11.9 Å². The van der Waals surface area contributed by atoms with E-state index in [-0.39, 0.29) is 0 Å². The van der Waals surface area contributed by atoms with Crippen molar-refractivity contribution in [2.75, 3.05) is 13.6 Å². The Morgan fingerprint density at radius 2 is 2.19 bits per heavy atom. The number of thiazole rings is 1. The molecule has 1 rings (SSSR count). The van der Waals surface area contributed by atoms with Gasteiger partial charge in [0.1, 0.15) is 5.01 Å². The van der Waals surface area contributed by atoms with Gasteiger partial charge in [-0.25, -0.2) is 4.98 Å². The molecule has 0 fully saturated rings. The lowest BCUT2D eigenvalue weighted by molar-refractivity contribution is 0.223. The second-order valence-electron chi connectivity index (χ2n) is 4.44. The van der Waals surface area contributed by atoms with Crippen LogP contribution in [0.4, 0.5) is 0 Å². The molecule has 0 spiro atoms. The van der Waals surface area contributed by atoms with E-state index in [1.54, 1.807) is 11.3 Å². The van der Waals surface area contributed by atoms with E-state index in [1.807, 2.05) is 0 Å². The number of rotatable bonds is 6. The summed E-state index contributed by atoms with van der Waals surface area (Å²) in [5, 5.41) is 3.22. The Morgan fingerprint density at radius 1 is 1.50 bits per heavy atom. The first-order chi connectivity index (χ1) is 7.58. The third-order valence-corrected chi connectivity index (χ3v) is 4.36. The molecule has 0 saturated carbocycles. The molecule has 0 aliphatic rings. The van der Waals surface area contributed by atoms with Crippen molar-refractivity contribution in [1.82, 2.24) is 9.88 Å². The Hall–Kier alpha value is -0.120. The van der Waals surface area contributed by atoms with Crippen molar-refractivity contribution >= 4 is 22.9 Å². The van der Waals surface area contributed by atoms with E-state index in [0.717, 1.165) is 18.2 Å². The molecule has 0 amide bonds. The second kappa shape index (κ2) is 6.58. The average molecular weight is 261 g/mol. The molecule has 2 nitrogen and oxygen atoms in total. The van der Waals surface area contributed by atoms with Gasteiger partial charge in [-0.3, -0.25) is 4.90 Å². The summed E-state index contributed by atoms with van der Waals surface area (Å²) in [6.45, 7) is 7.85. The molecule has 1 aromatic rings. The summed E-state index contributed by atoms with van der Waals surface area (Å²) >= 11 is 7.47. The zero-order valence-corrected chi connectivity index (χ0v) is 12.1. The molecule has 0 radical (unpaired) electrons. The fourth-order valence-corrected chi connectivity index (χ4v) is 2.71. The van der Waals surface area contributed by atoms with Crippen molar-refractivity contribution in [3.05, 3.63) is 16.1 Å². The van der Waals surface area contributed by atoms with Crippen LogP contribution in [0.15, 0.2) is 5.38 Å². The highest BCUT2D eigenvalue weighted by Gasteiger charge is 2.16. The monoisotopic (exact) mass is 260 g/mol. The topological polar surface area (TPSA) is 16.1 Å². The van der Waals surface area contributed by atoms with Crippen molar-refractivity contribution in [1.29, 1.82) is 0 Å². The van der Waals surface area contributed by atoms with E-state index in [9.17, 15) is 0 Å². The highest BCUT2D eigenvalue weighted by atomic mass is 35.5. The van der Waals surface area contributed by atoms with Gasteiger partial charge in [-0.05, 0) is 19.9 Å². The van der Waals surface area contributed by atoms with Crippen molar-refractivity contribution in [2.24, 2.45) is 5.92 Å². The molecule has 1 heterocycles. The maximum Gasteiger partial charge on any atom is 0.110 e. The number of hydrogen-bond donors (Lipinski definition) is 0. The van der Waals surface area contributed by atoms with Crippen molar-refractivity contribution in [2.45, 2.75) is 39.1 Å². The normalized spacial score (nSPS) is 15.4. The van der Waals surface area contributed by atoms with Crippen LogP contribution in [0.2, 0.25) is 0 Å². The molecule has 4 heteroatoms. The van der Waals surface area contributed by atoms with E-state index in [0.29, 0.717) is 11.9 Å². The zero-order valence-electron chi connectivity index (χ0n) is 10.5. The third-order valence-electron chi connectivity index (χ3n) is 3.02. The van der Waals surface area contributed by atoms with E-state index in [1.165, 1.54) is 11.4 Å². The Bertz CT molecular complexity index is 314. The van der Waals surface area contributed by atoms with Gasteiger partial charge in [0.2, 0.25) is 0 Å². The van der Waals surface area contributed by atoms with Crippen molar-refractivity contribution in [3.8, 4) is 0 Å². The highest BCUT2D eigenvalue weighted by molar-refractivity contribution is 7.09. The molecule has 92 valence electrons. The molecular formula is C12H21ClN2S. The summed E-state index contributed by atoms with van der Waals surface area (Å²) in [4.78, 5) is 6.89. The van der Waals surface area contributed by atoms with Crippen LogP contribution >= 0.6 is 22.9 Å². The van der Waals surface area contributed by atoms with Gasteiger partial charge in [0.15, 0.2) is 0 Å². The van der Waals surface area contributed by atoms with Crippen LogP contribution in [-0.2, 0) is 5.88 Å². The minimum atomic E-state index is 0.385. The highest BCUT2D eigenvalue weighted by Crippen LogP contribution is 2.24. The van der Waals surface area contributed by atoms with E-state index in [4.69, 9.17) is 11.6 Å². The fraction of sp³-hybridized carbons (Fsp3) is 0.750. The number of hydrogen-bond acceptors (Lipinski definition) is 3. The molecule has 0 saturated heterocycles. The summed E-state index contributed by atoms with van der Waals surface area (Å²) in [7, 11) is 2.17. The first-order valence-electron chi connectivity index (χ1n) is 5.79. The van der Waals surface area contributed by atoms with Gasteiger partial charge >= 0.3 is 0 Å². The summed E-state index contributed by atoms with van der Waals surface area (Å²) in [6, 6.07) is 0.385. The van der Waals surface area contributed by atoms with Crippen LogP contribution < -0.4 is 0 Å².